The first-order valence-electron chi connectivity index (χ1n) is 6.65. The first-order chi connectivity index (χ1) is 9.86. The lowest BCUT2D eigenvalue weighted by Crippen LogP contribution is -2.12. The Hall–Kier alpha value is -2.26. The maximum atomic E-state index is 5.53. The van der Waals surface area contributed by atoms with E-state index in [-0.39, 0.29) is 0 Å². The topological polar surface area (TPSA) is 34.4 Å². The summed E-state index contributed by atoms with van der Waals surface area (Å²) in [6.45, 7) is 1.62. The number of furan rings is 1. The number of methoxy groups -OCH3 is 1. The summed E-state index contributed by atoms with van der Waals surface area (Å²) < 4.78 is 10.7. The number of benzene rings is 2. The van der Waals surface area contributed by atoms with Crippen LogP contribution < -0.4 is 10.1 Å². The third-order valence-corrected chi connectivity index (χ3v) is 3.36. The van der Waals surface area contributed by atoms with Crippen molar-refractivity contribution < 1.29 is 9.15 Å². The molecule has 1 heterocycles. The molecule has 0 radical (unpaired) electrons. The average molecular weight is 267 g/mol. The lowest BCUT2D eigenvalue weighted by atomic mass is 10.1. The van der Waals surface area contributed by atoms with Gasteiger partial charge in [0.05, 0.1) is 13.4 Å². The van der Waals surface area contributed by atoms with Gasteiger partial charge in [0.15, 0.2) is 0 Å². The molecule has 20 heavy (non-hydrogen) atoms. The highest BCUT2D eigenvalue weighted by atomic mass is 16.5. The fourth-order valence-electron chi connectivity index (χ4n) is 2.25. The summed E-state index contributed by atoms with van der Waals surface area (Å²) in [4.78, 5) is 0. The Kier molecular flexibility index (Phi) is 3.70. The largest absolute Gasteiger partial charge is 0.497 e. The molecule has 0 atom stereocenters. The molecule has 1 aromatic heterocycles. The van der Waals surface area contributed by atoms with Crippen molar-refractivity contribution >= 4 is 11.0 Å². The van der Waals surface area contributed by atoms with Crippen LogP contribution in [0.1, 0.15) is 11.1 Å². The predicted octanol–water partition coefficient (Wildman–Crippen LogP) is 3.73. The summed E-state index contributed by atoms with van der Waals surface area (Å²) in [6, 6.07) is 16.2. The normalized spacial score (nSPS) is 10.8. The zero-order chi connectivity index (χ0) is 13.8. The highest BCUT2D eigenvalue weighted by Gasteiger charge is 2.04. The minimum absolute atomic E-state index is 0.795. The Morgan fingerprint density at radius 3 is 2.60 bits per heavy atom. The molecule has 0 fully saturated rings. The van der Waals surface area contributed by atoms with Crippen LogP contribution in [0.2, 0.25) is 0 Å². The Bertz CT molecular complexity index is 686. The zero-order valence-electron chi connectivity index (χ0n) is 11.4. The van der Waals surface area contributed by atoms with Crippen LogP contribution in [0.3, 0.4) is 0 Å². The molecule has 0 aliphatic heterocycles. The second-order valence-corrected chi connectivity index (χ2v) is 4.71. The predicted molar refractivity (Wildman–Crippen MR) is 79.8 cm³/mol. The van der Waals surface area contributed by atoms with Crippen molar-refractivity contribution in [2.24, 2.45) is 0 Å². The van der Waals surface area contributed by atoms with Crippen LogP contribution in [0.4, 0.5) is 0 Å². The first-order valence-corrected chi connectivity index (χ1v) is 6.65. The zero-order valence-corrected chi connectivity index (χ0v) is 11.4. The minimum Gasteiger partial charge on any atom is -0.497 e. The van der Waals surface area contributed by atoms with Crippen molar-refractivity contribution in [1.82, 2.24) is 5.32 Å². The van der Waals surface area contributed by atoms with Crippen LogP contribution in [-0.2, 0) is 13.1 Å². The smallest absolute Gasteiger partial charge is 0.134 e. The summed E-state index contributed by atoms with van der Waals surface area (Å²) in [6.07, 6.45) is 1.83. The standard InChI is InChI=1S/C17H17NO2/c1-19-15-8-6-13(7-9-15)10-18-11-14-12-20-17-5-3-2-4-16(14)17/h2-9,12,18H,10-11H2,1H3. The molecule has 3 aromatic rings. The number of rotatable bonds is 5. The van der Waals surface area contributed by atoms with E-state index in [1.54, 1.807) is 7.11 Å². The van der Waals surface area contributed by atoms with Crippen molar-refractivity contribution in [3.63, 3.8) is 0 Å². The van der Waals surface area contributed by atoms with E-state index in [4.69, 9.17) is 9.15 Å². The second-order valence-electron chi connectivity index (χ2n) is 4.71. The third-order valence-electron chi connectivity index (χ3n) is 3.36. The Morgan fingerprint density at radius 1 is 1.00 bits per heavy atom. The van der Waals surface area contributed by atoms with Crippen LogP contribution in [0.15, 0.2) is 59.2 Å². The fourth-order valence-corrected chi connectivity index (χ4v) is 2.25. The molecule has 3 nitrogen and oxygen atoms in total. The van der Waals surface area contributed by atoms with Gasteiger partial charge in [0.2, 0.25) is 0 Å². The molecule has 3 heteroatoms. The number of hydrogen-bond acceptors (Lipinski definition) is 3. The summed E-state index contributed by atoms with van der Waals surface area (Å²) in [7, 11) is 1.68. The van der Waals surface area contributed by atoms with Gasteiger partial charge in [-0.05, 0) is 23.8 Å². The molecule has 0 amide bonds. The number of fused-ring (bicyclic) bond motifs is 1. The number of para-hydroxylation sites is 1. The lowest BCUT2D eigenvalue weighted by Gasteiger charge is -2.05. The van der Waals surface area contributed by atoms with E-state index in [9.17, 15) is 0 Å². The first kappa shape index (κ1) is 12.8. The molecule has 0 spiro atoms. The second kappa shape index (κ2) is 5.80. The fraction of sp³-hybridized carbons (Fsp3) is 0.176. The van der Waals surface area contributed by atoms with Gasteiger partial charge >= 0.3 is 0 Å². The maximum Gasteiger partial charge on any atom is 0.134 e. The van der Waals surface area contributed by atoms with E-state index in [2.05, 4.69) is 23.5 Å². The van der Waals surface area contributed by atoms with E-state index < -0.39 is 0 Å². The monoisotopic (exact) mass is 267 g/mol. The van der Waals surface area contributed by atoms with Gasteiger partial charge in [-0.1, -0.05) is 30.3 Å². The molecule has 2 aromatic carbocycles. The van der Waals surface area contributed by atoms with E-state index in [1.165, 1.54) is 16.5 Å². The molecular formula is C17H17NO2. The van der Waals surface area contributed by atoms with Gasteiger partial charge in [-0.2, -0.15) is 0 Å². The van der Waals surface area contributed by atoms with Gasteiger partial charge in [0.25, 0.3) is 0 Å². The number of hydrogen-bond donors (Lipinski definition) is 1. The molecular weight excluding hydrogens is 250 g/mol. The highest BCUT2D eigenvalue weighted by molar-refractivity contribution is 5.80. The SMILES string of the molecule is COc1ccc(CNCc2coc3ccccc23)cc1. The van der Waals surface area contributed by atoms with Crippen molar-refractivity contribution in [3.8, 4) is 5.75 Å². The quantitative estimate of drug-likeness (QED) is 0.765. The molecule has 0 aliphatic rings. The summed E-state index contributed by atoms with van der Waals surface area (Å²) in [5, 5.41) is 4.61. The molecule has 0 saturated carbocycles. The number of nitrogens with one attached hydrogen (secondary N) is 1. The molecule has 0 saturated heterocycles. The van der Waals surface area contributed by atoms with Gasteiger partial charge < -0.3 is 14.5 Å². The maximum absolute atomic E-state index is 5.53. The summed E-state index contributed by atoms with van der Waals surface area (Å²) >= 11 is 0. The van der Waals surface area contributed by atoms with E-state index in [0.717, 1.165) is 24.4 Å². The van der Waals surface area contributed by atoms with E-state index in [1.807, 2.05) is 36.6 Å². The van der Waals surface area contributed by atoms with Crippen LogP contribution in [-0.4, -0.2) is 7.11 Å². The van der Waals surface area contributed by atoms with Crippen LogP contribution >= 0.6 is 0 Å². The van der Waals surface area contributed by atoms with Crippen LogP contribution in [0, 0.1) is 0 Å². The Balaban J connectivity index is 1.62. The molecule has 0 unspecified atom stereocenters. The Labute approximate surface area is 118 Å². The van der Waals surface area contributed by atoms with Crippen molar-refractivity contribution in [2.45, 2.75) is 13.1 Å². The average Bonchev–Trinajstić information content (AvgIpc) is 2.92. The highest BCUT2D eigenvalue weighted by Crippen LogP contribution is 2.20. The van der Waals surface area contributed by atoms with Gasteiger partial charge in [0, 0.05) is 24.0 Å². The van der Waals surface area contributed by atoms with Crippen LogP contribution in [0.25, 0.3) is 11.0 Å². The molecule has 102 valence electrons. The molecule has 3 rings (SSSR count). The van der Waals surface area contributed by atoms with Crippen LogP contribution in [0.5, 0.6) is 5.75 Å². The van der Waals surface area contributed by atoms with Crippen molar-refractivity contribution in [1.29, 1.82) is 0 Å². The van der Waals surface area contributed by atoms with Gasteiger partial charge in [-0.25, -0.2) is 0 Å². The molecule has 0 bridgehead atoms. The van der Waals surface area contributed by atoms with Crippen molar-refractivity contribution in [2.75, 3.05) is 7.11 Å². The third kappa shape index (κ3) is 2.68. The van der Waals surface area contributed by atoms with Crippen molar-refractivity contribution in [3.05, 3.63) is 65.9 Å². The molecule has 1 N–H and O–H groups in total. The Morgan fingerprint density at radius 2 is 1.80 bits per heavy atom. The van der Waals surface area contributed by atoms with E-state index in [0.29, 0.717) is 0 Å². The summed E-state index contributed by atoms with van der Waals surface area (Å²) in [5.74, 6) is 0.884. The van der Waals surface area contributed by atoms with Gasteiger partial charge in [0.1, 0.15) is 11.3 Å². The molecule has 0 aliphatic carbocycles. The van der Waals surface area contributed by atoms with Gasteiger partial charge in [-0.3, -0.25) is 0 Å². The lowest BCUT2D eigenvalue weighted by molar-refractivity contribution is 0.414. The summed E-state index contributed by atoms with van der Waals surface area (Å²) in [5.41, 5.74) is 3.36. The minimum atomic E-state index is 0.795. The van der Waals surface area contributed by atoms with E-state index >= 15 is 0 Å². The van der Waals surface area contributed by atoms with Gasteiger partial charge in [-0.15, -0.1) is 0 Å². The number of ether oxygens (including phenoxy) is 1.